The summed E-state index contributed by atoms with van der Waals surface area (Å²) in [5.74, 6) is -0.219. The highest BCUT2D eigenvalue weighted by Crippen LogP contribution is 2.24. The van der Waals surface area contributed by atoms with Gasteiger partial charge in [0.05, 0.1) is 4.90 Å². The number of carbonyl (C=O) groups excluding carboxylic acids is 1. The molecule has 2 fully saturated rings. The van der Waals surface area contributed by atoms with Gasteiger partial charge in [0.25, 0.3) is 5.91 Å². The van der Waals surface area contributed by atoms with Crippen LogP contribution in [0.4, 0.5) is 5.69 Å². The van der Waals surface area contributed by atoms with Crippen LogP contribution in [0.5, 0.6) is 0 Å². The molecule has 2 aromatic carbocycles. The first-order valence-electron chi connectivity index (χ1n) is 12.4. The molecule has 2 heterocycles. The van der Waals surface area contributed by atoms with Gasteiger partial charge in [-0.25, -0.2) is 8.42 Å². The fraction of sp³-hybridized carbons (Fsp3) is 0.500. The molecule has 2 aliphatic heterocycles. The minimum absolute atomic E-state index is 0.219. The number of aryl methyl sites for hydroxylation is 1. The van der Waals surface area contributed by atoms with Gasteiger partial charge in [-0.05, 0) is 62.6 Å². The largest absolute Gasteiger partial charge is 0.369 e. The lowest BCUT2D eigenvalue weighted by Crippen LogP contribution is -2.47. The van der Waals surface area contributed by atoms with Gasteiger partial charge >= 0.3 is 0 Å². The van der Waals surface area contributed by atoms with Crippen LogP contribution in [0.2, 0.25) is 0 Å². The van der Waals surface area contributed by atoms with Crippen LogP contribution in [0.15, 0.2) is 53.4 Å². The molecule has 2 aliphatic rings. The van der Waals surface area contributed by atoms with Crippen molar-refractivity contribution in [3.05, 3.63) is 59.7 Å². The number of rotatable bonds is 8. The molecule has 1 N–H and O–H groups in total. The van der Waals surface area contributed by atoms with Gasteiger partial charge in [-0.15, -0.1) is 0 Å². The van der Waals surface area contributed by atoms with Crippen molar-refractivity contribution in [2.75, 3.05) is 57.3 Å². The summed E-state index contributed by atoms with van der Waals surface area (Å²) in [6, 6.07) is 15.5. The second-order valence-electron chi connectivity index (χ2n) is 9.22. The van der Waals surface area contributed by atoms with Crippen LogP contribution in [0, 0.1) is 6.92 Å². The molecule has 0 saturated carbocycles. The number of piperazine rings is 1. The highest BCUT2D eigenvalue weighted by molar-refractivity contribution is 7.89. The number of hydrogen-bond acceptors (Lipinski definition) is 5. The number of nitrogens with zero attached hydrogens (tertiary/aromatic N) is 3. The molecular formula is C26H36N4O3S. The van der Waals surface area contributed by atoms with Crippen molar-refractivity contribution >= 4 is 21.6 Å². The van der Waals surface area contributed by atoms with Crippen molar-refractivity contribution in [3.63, 3.8) is 0 Å². The average Bonchev–Trinajstić information content (AvgIpc) is 2.88. The summed E-state index contributed by atoms with van der Waals surface area (Å²) in [6.45, 7) is 8.44. The molecule has 0 unspecified atom stereocenters. The Morgan fingerprint density at radius 1 is 0.912 bits per heavy atom. The summed E-state index contributed by atoms with van der Waals surface area (Å²) >= 11 is 0. The van der Waals surface area contributed by atoms with E-state index in [1.165, 1.54) is 11.8 Å². The van der Waals surface area contributed by atoms with E-state index in [1.807, 2.05) is 6.07 Å². The first-order valence-corrected chi connectivity index (χ1v) is 13.8. The third-order valence-corrected chi connectivity index (χ3v) is 8.85. The van der Waals surface area contributed by atoms with Crippen LogP contribution in [-0.4, -0.2) is 75.9 Å². The zero-order chi connectivity index (χ0) is 24.0. The van der Waals surface area contributed by atoms with E-state index in [9.17, 15) is 13.2 Å². The number of piperidine rings is 1. The number of para-hydroxylation sites is 1. The average molecular weight is 485 g/mol. The topological polar surface area (TPSA) is 73.0 Å². The molecule has 4 rings (SSSR count). The van der Waals surface area contributed by atoms with Crippen molar-refractivity contribution in [1.82, 2.24) is 14.5 Å². The van der Waals surface area contributed by atoms with Gasteiger partial charge in [0.1, 0.15) is 0 Å². The zero-order valence-corrected chi connectivity index (χ0v) is 20.9. The number of benzene rings is 2. The van der Waals surface area contributed by atoms with Gasteiger partial charge in [0.15, 0.2) is 0 Å². The van der Waals surface area contributed by atoms with Crippen molar-refractivity contribution in [2.45, 2.75) is 37.5 Å². The lowest BCUT2D eigenvalue weighted by atomic mass is 10.1. The Bertz CT molecular complexity index is 1060. The Morgan fingerprint density at radius 3 is 2.32 bits per heavy atom. The molecule has 2 saturated heterocycles. The Morgan fingerprint density at radius 2 is 1.62 bits per heavy atom. The van der Waals surface area contributed by atoms with E-state index in [2.05, 4.69) is 39.4 Å². The Balaban J connectivity index is 1.25. The predicted molar refractivity (Wildman–Crippen MR) is 136 cm³/mol. The highest BCUT2D eigenvalue weighted by atomic mass is 32.2. The second kappa shape index (κ2) is 11.3. The smallest absolute Gasteiger partial charge is 0.251 e. The van der Waals surface area contributed by atoms with E-state index in [1.54, 1.807) is 23.4 Å². The lowest BCUT2D eigenvalue weighted by Gasteiger charge is -2.36. The first kappa shape index (κ1) is 24.7. The Labute approximate surface area is 203 Å². The van der Waals surface area contributed by atoms with Crippen LogP contribution in [-0.2, 0) is 10.0 Å². The quantitative estimate of drug-likeness (QED) is 0.583. The van der Waals surface area contributed by atoms with Crippen molar-refractivity contribution < 1.29 is 13.2 Å². The van der Waals surface area contributed by atoms with Crippen molar-refractivity contribution in [1.29, 1.82) is 0 Å². The third-order valence-electron chi connectivity index (χ3n) is 6.81. The summed E-state index contributed by atoms with van der Waals surface area (Å²) in [7, 11) is -3.57. The molecule has 0 atom stereocenters. The maximum absolute atomic E-state index is 13.1. The van der Waals surface area contributed by atoms with Gasteiger partial charge in [0.2, 0.25) is 10.0 Å². The number of hydrogen-bond donors (Lipinski definition) is 1. The first-order chi connectivity index (χ1) is 16.4. The van der Waals surface area contributed by atoms with Gasteiger partial charge in [-0.1, -0.05) is 30.7 Å². The summed E-state index contributed by atoms with van der Waals surface area (Å²) in [5.41, 5.74) is 2.35. The minimum Gasteiger partial charge on any atom is -0.369 e. The van der Waals surface area contributed by atoms with Crippen LogP contribution in [0.3, 0.4) is 0 Å². The Hall–Kier alpha value is -2.42. The van der Waals surface area contributed by atoms with Crippen molar-refractivity contribution in [3.8, 4) is 0 Å². The molecule has 1 amide bonds. The summed E-state index contributed by atoms with van der Waals surface area (Å²) < 4.78 is 27.8. The predicted octanol–water partition coefficient (Wildman–Crippen LogP) is 3.11. The van der Waals surface area contributed by atoms with Gasteiger partial charge in [0, 0.05) is 57.1 Å². The monoisotopic (exact) mass is 484 g/mol. The molecular weight excluding hydrogens is 448 g/mol. The molecule has 0 spiro atoms. The molecule has 2 aromatic rings. The zero-order valence-electron chi connectivity index (χ0n) is 20.1. The number of amides is 1. The third kappa shape index (κ3) is 5.98. The van der Waals surface area contributed by atoms with E-state index < -0.39 is 10.0 Å². The molecule has 0 radical (unpaired) electrons. The van der Waals surface area contributed by atoms with Crippen LogP contribution >= 0.6 is 0 Å². The van der Waals surface area contributed by atoms with Crippen LogP contribution < -0.4 is 10.2 Å². The molecule has 8 heteroatoms. The number of sulfonamides is 1. The highest BCUT2D eigenvalue weighted by Gasteiger charge is 2.28. The molecule has 184 valence electrons. The maximum Gasteiger partial charge on any atom is 0.251 e. The van der Waals surface area contributed by atoms with E-state index in [4.69, 9.17) is 0 Å². The lowest BCUT2D eigenvalue weighted by molar-refractivity contribution is 0.0951. The number of anilines is 1. The van der Waals surface area contributed by atoms with Gasteiger partial charge < -0.3 is 10.2 Å². The van der Waals surface area contributed by atoms with Crippen molar-refractivity contribution in [2.24, 2.45) is 0 Å². The molecule has 0 aliphatic carbocycles. The fourth-order valence-corrected chi connectivity index (χ4v) is 6.51. The number of carbonyl (C=O) groups is 1. The SMILES string of the molecule is Cc1ccc(C(=O)NCCCN2CCN(c3ccccc3)CC2)cc1S(=O)(=O)N1CCCCC1. The Kier molecular flexibility index (Phi) is 8.24. The minimum atomic E-state index is -3.57. The standard InChI is InChI=1S/C26H36N4O3S/c1-22-11-12-23(21-25(22)34(32,33)30-15-6-3-7-16-30)26(31)27-13-8-14-28-17-19-29(20-18-28)24-9-4-2-5-10-24/h2,4-5,9-12,21H,3,6-8,13-20H2,1H3,(H,27,31). The van der Waals surface area contributed by atoms with Gasteiger partial charge in [-0.3, -0.25) is 9.69 Å². The fourth-order valence-electron chi connectivity index (χ4n) is 4.74. The summed E-state index contributed by atoms with van der Waals surface area (Å²) in [4.78, 5) is 17.8. The molecule has 7 nitrogen and oxygen atoms in total. The van der Waals surface area contributed by atoms with Crippen LogP contribution in [0.25, 0.3) is 0 Å². The molecule has 0 bridgehead atoms. The number of nitrogens with one attached hydrogen (secondary N) is 1. The summed E-state index contributed by atoms with van der Waals surface area (Å²) in [5, 5.41) is 2.97. The molecule has 34 heavy (non-hydrogen) atoms. The van der Waals surface area contributed by atoms with E-state index >= 15 is 0 Å². The normalized spacial score (nSPS) is 18.1. The maximum atomic E-state index is 13.1. The summed E-state index contributed by atoms with van der Waals surface area (Å²) in [6.07, 6.45) is 3.71. The second-order valence-corrected chi connectivity index (χ2v) is 11.1. The van der Waals surface area contributed by atoms with E-state index in [0.29, 0.717) is 30.8 Å². The molecule has 0 aromatic heterocycles. The van der Waals surface area contributed by atoms with E-state index in [-0.39, 0.29) is 10.8 Å². The van der Waals surface area contributed by atoms with Crippen LogP contribution in [0.1, 0.15) is 41.6 Å². The van der Waals surface area contributed by atoms with E-state index in [0.717, 1.165) is 58.4 Å². The van der Waals surface area contributed by atoms with Gasteiger partial charge in [-0.2, -0.15) is 4.31 Å².